The van der Waals surface area contributed by atoms with Gasteiger partial charge in [-0.05, 0) is 25.0 Å². The van der Waals surface area contributed by atoms with E-state index in [9.17, 15) is 27.9 Å². The van der Waals surface area contributed by atoms with Crippen LogP contribution >= 0.6 is 0 Å². The van der Waals surface area contributed by atoms with E-state index in [1.165, 1.54) is 0 Å². The molecule has 0 saturated heterocycles. The van der Waals surface area contributed by atoms with E-state index in [4.69, 9.17) is 0 Å². The van der Waals surface area contributed by atoms with Crippen molar-refractivity contribution >= 4 is 5.91 Å². The monoisotopic (exact) mass is 332 g/mol. The number of pyridine rings is 1. The Kier molecular flexibility index (Phi) is 5.13. The highest BCUT2D eigenvalue weighted by atomic mass is 19.4. The van der Waals surface area contributed by atoms with Gasteiger partial charge in [-0.15, -0.1) is 0 Å². The van der Waals surface area contributed by atoms with Crippen molar-refractivity contribution in [3.8, 4) is 0 Å². The molecule has 5 nitrogen and oxygen atoms in total. The predicted molar refractivity (Wildman–Crippen MR) is 76.7 cm³/mol. The summed E-state index contributed by atoms with van der Waals surface area (Å²) in [4.78, 5) is 23.6. The van der Waals surface area contributed by atoms with Crippen LogP contribution in [0.4, 0.5) is 13.2 Å². The SMILES string of the molecule is O=C(Cn1cccc(C(F)(F)F)c1=O)NCC1(O)CCCCC1. The van der Waals surface area contributed by atoms with Gasteiger partial charge in [0.05, 0.1) is 5.60 Å². The standard InChI is InChI=1S/C15H19F3N2O3/c16-15(17,18)11-5-4-8-20(13(11)22)9-12(21)19-10-14(23)6-2-1-3-7-14/h4-5,8,23H,1-3,6-7,9-10H2,(H,19,21). The fraction of sp³-hybridized carbons (Fsp3) is 0.600. The Morgan fingerprint density at radius 1 is 1.30 bits per heavy atom. The van der Waals surface area contributed by atoms with Crippen LogP contribution in [0.25, 0.3) is 0 Å². The molecule has 23 heavy (non-hydrogen) atoms. The second-order valence-corrected chi connectivity index (χ2v) is 5.91. The Hall–Kier alpha value is -1.83. The van der Waals surface area contributed by atoms with Gasteiger partial charge < -0.3 is 15.0 Å². The third kappa shape index (κ3) is 4.57. The second kappa shape index (κ2) is 6.74. The topological polar surface area (TPSA) is 71.3 Å². The molecule has 1 amide bonds. The van der Waals surface area contributed by atoms with Crippen LogP contribution in [0.3, 0.4) is 0 Å². The summed E-state index contributed by atoms with van der Waals surface area (Å²) in [6.07, 6.45) is 0.322. The van der Waals surface area contributed by atoms with Gasteiger partial charge >= 0.3 is 6.18 Å². The highest BCUT2D eigenvalue weighted by Crippen LogP contribution is 2.27. The van der Waals surface area contributed by atoms with Crippen molar-refractivity contribution < 1.29 is 23.1 Å². The van der Waals surface area contributed by atoms with Crippen LogP contribution in [-0.2, 0) is 17.5 Å². The first-order chi connectivity index (χ1) is 10.7. The Morgan fingerprint density at radius 2 is 1.96 bits per heavy atom. The molecule has 1 saturated carbocycles. The zero-order chi connectivity index (χ0) is 17.1. The average molecular weight is 332 g/mol. The predicted octanol–water partition coefficient (Wildman–Crippen LogP) is 1.68. The molecular weight excluding hydrogens is 313 g/mol. The molecule has 1 aliphatic carbocycles. The molecule has 1 aromatic rings. The lowest BCUT2D eigenvalue weighted by Crippen LogP contribution is -2.45. The largest absolute Gasteiger partial charge is 0.421 e. The molecule has 1 aliphatic rings. The van der Waals surface area contributed by atoms with Crippen LogP contribution in [0.2, 0.25) is 0 Å². The molecule has 8 heteroatoms. The van der Waals surface area contributed by atoms with Crippen molar-refractivity contribution in [3.63, 3.8) is 0 Å². The van der Waals surface area contributed by atoms with Crippen molar-refractivity contribution in [1.29, 1.82) is 0 Å². The number of nitrogens with zero attached hydrogens (tertiary/aromatic N) is 1. The van der Waals surface area contributed by atoms with Crippen LogP contribution in [0.5, 0.6) is 0 Å². The van der Waals surface area contributed by atoms with E-state index in [0.717, 1.165) is 31.5 Å². The van der Waals surface area contributed by atoms with Crippen LogP contribution in [-0.4, -0.2) is 27.7 Å². The molecule has 0 unspecified atom stereocenters. The van der Waals surface area contributed by atoms with Crippen molar-refractivity contribution in [2.75, 3.05) is 6.54 Å². The lowest BCUT2D eigenvalue weighted by Gasteiger charge is -2.32. The average Bonchev–Trinajstić information content (AvgIpc) is 2.47. The summed E-state index contributed by atoms with van der Waals surface area (Å²) in [6.45, 7) is -0.474. The van der Waals surface area contributed by atoms with E-state index in [2.05, 4.69) is 5.32 Å². The molecule has 0 atom stereocenters. The van der Waals surface area contributed by atoms with Gasteiger partial charge in [0.25, 0.3) is 5.56 Å². The van der Waals surface area contributed by atoms with Crippen molar-refractivity contribution in [1.82, 2.24) is 9.88 Å². The van der Waals surface area contributed by atoms with Gasteiger partial charge in [0.1, 0.15) is 12.1 Å². The number of hydrogen-bond donors (Lipinski definition) is 2. The number of nitrogens with one attached hydrogen (secondary N) is 1. The number of halogens is 3. The molecular formula is C15H19F3N2O3. The molecule has 0 radical (unpaired) electrons. The summed E-state index contributed by atoms with van der Waals surface area (Å²) in [6, 6.07) is 1.76. The number of rotatable bonds is 4. The van der Waals surface area contributed by atoms with Gasteiger partial charge in [0, 0.05) is 12.7 Å². The number of alkyl halides is 3. The molecule has 128 valence electrons. The normalized spacial score (nSPS) is 17.7. The van der Waals surface area contributed by atoms with Crippen LogP contribution in [0.1, 0.15) is 37.7 Å². The molecule has 1 fully saturated rings. The lowest BCUT2D eigenvalue weighted by molar-refractivity contribution is -0.139. The van der Waals surface area contributed by atoms with Gasteiger partial charge in [-0.1, -0.05) is 19.3 Å². The van der Waals surface area contributed by atoms with E-state index in [0.29, 0.717) is 23.5 Å². The van der Waals surface area contributed by atoms with Crippen LogP contribution in [0.15, 0.2) is 23.1 Å². The maximum Gasteiger partial charge on any atom is 0.421 e. The molecule has 0 aromatic carbocycles. The Morgan fingerprint density at radius 3 is 2.57 bits per heavy atom. The number of hydrogen-bond acceptors (Lipinski definition) is 3. The zero-order valence-corrected chi connectivity index (χ0v) is 12.5. The smallest absolute Gasteiger partial charge is 0.388 e. The number of aromatic nitrogens is 1. The van der Waals surface area contributed by atoms with Crippen molar-refractivity contribution in [3.05, 3.63) is 34.2 Å². The summed E-state index contributed by atoms with van der Waals surface area (Å²) >= 11 is 0. The number of carbonyl (C=O) groups is 1. The minimum Gasteiger partial charge on any atom is -0.388 e. The molecule has 0 spiro atoms. The van der Waals surface area contributed by atoms with Crippen molar-refractivity contribution in [2.24, 2.45) is 0 Å². The Balaban J connectivity index is 1.99. The fourth-order valence-electron chi connectivity index (χ4n) is 2.74. The van der Waals surface area contributed by atoms with E-state index in [1.54, 1.807) is 0 Å². The summed E-state index contributed by atoms with van der Waals surface area (Å²) < 4.78 is 38.7. The van der Waals surface area contributed by atoms with Crippen LogP contribution < -0.4 is 10.9 Å². The third-order valence-electron chi connectivity index (χ3n) is 4.04. The summed E-state index contributed by atoms with van der Waals surface area (Å²) in [7, 11) is 0. The molecule has 0 aliphatic heterocycles. The van der Waals surface area contributed by atoms with Crippen molar-refractivity contribution in [2.45, 2.75) is 50.4 Å². The van der Waals surface area contributed by atoms with Gasteiger partial charge in [-0.25, -0.2) is 0 Å². The lowest BCUT2D eigenvalue weighted by atomic mass is 9.85. The molecule has 2 N–H and O–H groups in total. The van der Waals surface area contributed by atoms with E-state index in [-0.39, 0.29) is 6.54 Å². The second-order valence-electron chi connectivity index (χ2n) is 5.91. The van der Waals surface area contributed by atoms with Gasteiger partial charge in [-0.3, -0.25) is 9.59 Å². The quantitative estimate of drug-likeness (QED) is 0.881. The first kappa shape index (κ1) is 17.5. The van der Waals surface area contributed by atoms with Gasteiger partial charge in [-0.2, -0.15) is 13.2 Å². The van der Waals surface area contributed by atoms with E-state index >= 15 is 0 Å². The maximum atomic E-state index is 12.7. The molecule has 1 aromatic heterocycles. The highest BCUT2D eigenvalue weighted by Gasteiger charge is 2.34. The first-order valence-electron chi connectivity index (χ1n) is 7.47. The third-order valence-corrected chi connectivity index (χ3v) is 4.04. The number of carbonyl (C=O) groups excluding carboxylic acids is 1. The minimum atomic E-state index is -4.76. The zero-order valence-electron chi connectivity index (χ0n) is 12.5. The van der Waals surface area contributed by atoms with E-state index < -0.39 is 35.4 Å². The maximum absolute atomic E-state index is 12.7. The number of aliphatic hydroxyl groups is 1. The minimum absolute atomic E-state index is 0.0412. The Bertz CT molecular complexity index is 619. The summed E-state index contributed by atoms with van der Waals surface area (Å²) in [5.41, 5.74) is -3.53. The summed E-state index contributed by atoms with van der Waals surface area (Å²) in [5, 5.41) is 12.8. The first-order valence-corrected chi connectivity index (χ1v) is 7.47. The highest BCUT2D eigenvalue weighted by molar-refractivity contribution is 5.75. The van der Waals surface area contributed by atoms with E-state index in [1.807, 2.05) is 0 Å². The molecule has 2 rings (SSSR count). The molecule has 0 bridgehead atoms. The summed E-state index contributed by atoms with van der Waals surface area (Å²) in [5.74, 6) is -0.606. The van der Waals surface area contributed by atoms with Gasteiger partial charge in [0.15, 0.2) is 0 Å². The Labute approximate surface area is 131 Å². The van der Waals surface area contributed by atoms with Crippen LogP contribution in [0, 0.1) is 0 Å². The number of amides is 1. The van der Waals surface area contributed by atoms with Gasteiger partial charge in [0.2, 0.25) is 5.91 Å². The molecule has 1 heterocycles. The fourth-order valence-corrected chi connectivity index (χ4v) is 2.74.